The second kappa shape index (κ2) is 5.25. The molecule has 1 spiro atoms. The highest BCUT2D eigenvalue weighted by Gasteiger charge is 2.40. The number of nitrogens with zero attached hydrogens (tertiary/aromatic N) is 2. The summed E-state index contributed by atoms with van der Waals surface area (Å²) in [7, 11) is 0. The van der Waals surface area contributed by atoms with Gasteiger partial charge >= 0.3 is 0 Å². The number of rotatable bonds is 3. The second-order valence-electron chi connectivity index (χ2n) is 6.20. The van der Waals surface area contributed by atoms with Crippen molar-refractivity contribution >= 4 is 0 Å². The molecule has 1 aromatic rings. The summed E-state index contributed by atoms with van der Waals surface area (Å²) in [5, 5.41) is 3.78. The fourth-order valence-corrected chi connectivity index (χ4v) is 3.45. The molecular weight excluding hydrogens is 238 g/mol. The van der Waals surface area contributed by atoms with Crippen LogP contribution in [0, 0.1) is 0 Å². The Hall–Kier alpha value is -0.870. The molecule has 0 amide bonds. The van der Waals surface area contributed by atoms with Gasteiger partial charge in [0.15, 0.2) is 0 Å². The maximum Gasteiger partial charge on any atom is 0.208 e. The maximum atomic E-state index is 5.76. The summed E-state index contributed by atoms with van der Waals surface area (Å²) in [4.78, 5) is 6.94. The molecule has 19 heavy (non-hydrogen) atoms. The first-order valence-corrected chi connectivity index (χ1v) is 7.63. The maximum absolute atomic E-state index is 5.76. The molecule has 1 saturated carbocycles. The molecule has 1 N–H and O–H groups in total. The average Bonchev–Trinajstić information content (AvgIpc) is 3.04. The standard InChI is InChI=1S/C15H25N3O/c1-3-13-9-16-14(19-13)10-18-11-15(6-4-5-7-15)17-8-12(18)2/h9,12,17H,3-8,10-11H2,1-2H3. The topological polar surface area (TPSA) is 41.3 Å². The molecule has 1 unspecified atom stereocenters. The van der Waals surface area contributed by atoms with Crippen LogP contribution >= 0.6 is 0 Å². The Labute approximate surface area is 115 Å². The molecule has 0 bridgehead atoms. The van der Waals surface area contributed by atoms with E-state index in [0.717, 1.165) is 37.7 Å². The summed E-state index contributed by atoms with van der Waals surface area (Å²) < 4.78 is 5.76. The number of aromatic nitrogens is 1. The SMILES string of the molecule is CCc1cnc(CN2CC3(CCCC3)NCC2C)o1. The van der Waals surface area contributed by atoms with Gasteiger partial charge in [-0.15, -0.1) is 0 Å². The molecule has 4 heteroatoms. The monoisotopic (exact) mass is 263 g/mol. The normalized spacial score (nSPS) is 27.2. The van der Waals surface area contributed by atoms with Crippen LogP contribution in [-0.2, 0) is 13.0 Å². The van der Waals surface area contributed by atoms with Gasteiger partial charge in [0, 0.05) is 31.1 Å². The Kier molecular flexibility index (Phi) is 3.63. The van der Waals surface area contributed by atoms with Gasteiger partial charge in [-0.05, 0) is 19.8 Å². The molecule has 2 heterocycles. The minimum atomic E-state index is 0.368. The minimum absolute atomic E-state index is 0.368. The Morgan fingerprint density at radius 1 is 1.47 bits per heavy atom. The summed E-state index contributed by atoms with van der Waals surface area (Å²) in [6, 6.07) is 0.559. The average molecular weight is 263 g/mol. The predicted molar refractivity (Wildman–Crippen MR) is 75.0 cm³/mol. The van der Waals surface area contributed by atoms with Crippen LogP contribution in [0.2, 0.25) is 0 Å². The molecular formula is C15H25N3O. The Morgan fingerprint density at radius 2 is 2.26 bits per heavy atom. The van der Waals surface area contributed by atoms with Crippen molar-refractivity contribution in [1.29, 1.82) is 0 Å². The van der Waals surface area contributed by atoms with Gasteiger partial charge < -0.3 is 9.73 Å². The van der Waals surface area contributed by atoms with E-state index in [1.807, 2.05) is 6.20 Å². The summed E-state index contributed by atoms with van der Waals surface area (Å²) >= 11 is 0. The molecule has 1 atom stereocenters. The fourth-order valence-electron chi connectivity index (χ4n) is 3.45. The predicted octanol–water partition coefficient (Wildman–Crippen LogP) is 2.34. The quantitative estimate of drug-likeness (QED) is 0.909. The van der Waals surface area contributed by atoms with E-state index in [4.69, 9.17) is 4.42 Å². The zero-order chi connectivity index (χ0) is 13.3. The van der Waals surface area contributed by atoms with E-state index in [-0.39, 0.29) is 0 Å². The zero-order valence-corrected chi connectivity index (χ0v) is 12.1. The number of aryl methyl sites for hydroxylation is 1. The van der Waals surface area contributed by atoms with Crippen molar-refractivity contribution in [2.24, 2.45) is 0 Å². The summed E-state index contributed by atoms with van der Waals surface area (Å²) in [5.74, 6) is 1.87. The van der Waals surface area contributed by atoms with Crippen molar-refractivity contribution < 1.29 is 4.42 Å². The van der Waals surface area contributed by atoms with E-state index < -0.39 is 0 Å². The molecule has 1 aliphatic heterocycles. The van der Waals surface area contributed by atoms with Gasteiger partial charge in [0.2, 0.25) is 5.89 Å². The smallest absolute Gasteiger partial charge is 0.208 e. The highest BCUT2D eigenvalue weighted by atomic mass is 16.4. The number of nitrogens with one attached hydrogen (secondary N) is 1. The summed E-state index contributed by atoms with van der Waals surface area (Å²) in [6.45, 7) is 7.47. The highest BCUT2D eigenvalue weighted by Crippen LogP contribution is 2.33. The van der Waals surface area contributed by atoms with E-state index in [1.54, 1.807) is 0 Å². The highest BCUT2D eigenvalue weighted by molar-refractivity contribution is 5.01. The molecule has 4 nitrogen and oxygen atoms in total. The Balaban J connectivity index is 1.67. The third kappa shape index (κ3) is 2.70. The van der Waals surface area contributed by atoms with Gasteiger partial charge in [-0.3, -0.25) is 4.90 Å². The van der Waals surface area contributed by atoms with Crippen LogP contribution in [0.15, 0.2) is 10.6 Å². The van der Waals surface area contributed by atoms with Crippen molar-refractivity contribution in [2.75, 3.05) is 13.1 Å². The van der Waals surface area contributed by atoms with Gasteiger partial charge in [0.25, 0.3) is 0 Å². The number of piperazine rings is 1. The number of hydrogen-bond donors (Lipinski definition) is 1. The van der Waals surface area contributed by atoms with E-state index in [0.29, 0.717) is 11.6 Å². The lowest BCUT2D eigenvalue weighted by Gasteiger charge is -2.44. The zero-order valence-electron chi connectivity index (χ0n) is 12.1. The molecule has 0 radical (unpaired) electrons. The third-order valence-electron chi connectivity index (χ3n) is 4.75. The molecule has 1 aliphatic carbocycles. The van der Waals surface area contributed by atoms with Crippen LogP contribution in [0.3, 0.4) is 0 Å². The van der Waals surface area contributed by atoms with E-state index in [1.165, 1.54) is 25.7 Å². The molecule has 2 fully saturated rings. The van der Waals surface area contributed by atoms with Gasteiger partial charge in [-0.25, -0.2) is 4.98 Å². The lowest BCUT2D eigenvalue weighted by atomic mass is 9.92. The van der Waals surface area contributed by atoms with Crippen molar-refractivity contribution in [2.45, 2.75) is 64.1 Å². The van der Waals surface area contributed by atoms with Crippen LogP contribution in [-0.4, -0.2) is 34.6 Å². The second-order valence-corrected chi connectivity index (χ2v) is 6.20. The van der Waals surface area contributed by atoms with Gasteiger partial charge in [-0.1, -0.05) is 19.8 Å². The van der Waals surface area contributed by atoms with Gasteiger partial charge in [-0.2, -0.15) is 0 Å². The fraction of sp³-hybridized carbons (Fsp3) is 0.800. The lowest BCUT2D eigenvalue weighted by Crippen LogP contribution is -2.62. The molecule has 1 saturated heterocycles. The first kappa shape index (κ1) is 13.1. The van der Waals surface area contributed by atoms with Gasteiger partial charge in [0.1, 0.15) is 5.76 Å². The molecule has 106 valence electrons. The van der Waals surface area contributed by atoms with Crippen molar-refractivity contribution in [3.8, 4) is 0 Å². The first-order chi connectivity index (χ1) is 9.21. The van der Waals surface area contributed by atoms with E-state index in [9.17, 15) is 0 Å². The van der Waals surface area contributed by atoms with Crippen molar-refractivity contribution in [3.05, 3.63) is 17.8 Å². The Morgan fingerprint density at radius 3 is 2.95 bits per heavy atom. The van der Waals surface area contributed by atoms with Crippen molar-refractivity contribution in [3.63, 3.8) is 0 Å². The lowest BCUT2D eigenvalue weighted by molar-refractivity contribution is 0.0747. The number of hydrogen-bond acceptors (Lipinski definition) is 4. The van der Waals surface area contributed by atoms with Crippen LogP contribution < -0.4 is 5.32 Å². The van der Waals surface area contributed by atoms with Gasteiger partial charge in [0.05, 0.1) is 12.7 Å². The van der Waals surface area contributed by atoms with Crippen LogP contribution in [0.5, 0.6) is 0 Å². The first-order valence-electron chi connectivity index (χ1n) is 7.63. The molecule has 1 aromatic heterocycles. The van der Waals surface area contributed by atoms with Crippen LogP contribution in [0.1, 0.15) is 51.2 Å². The van der Waals surface area contributed by atoms with E-state index >= 15 is 0 Å². The van der Waals surface area contributed by atoms with E-state index in [2.05, 4.69) is 29.0 Å². The third-order valence-corrected chi connectivity index (χ3v) is 4.75. The number of oxazole rings is 1. The summed E-state index contributed by atoms with van der Waals surface area (Å²) in [6.07, 6.45) is 8.17. The molecule has 0 aromatic carbocycles. The molecule has 2 aliphatic rings. The van der Waals surface area contributed by atoms with Crippen LogP contribution in [0.25, 0.3) is 0 Å². The summed E-state index contributed by atoms with van der Waals surface area (Å²) in [5.41, 5.74) is 0.368. The molecule has 3 rings (SSSR count). The van der Waals surface area contributed by atoms with Crippen molar-refractivity contribution in [1.82, 2.24) is 15.2 Å². The largest absolute Gasteiger partial charge is 0.444 e. The Bertz CT molecular complexity index is 423. The van der Waals surface area contributed by atoms with Crippen LogP contribution in [0.4, 0.5) is 0 Å². The minimum Gasteiger partial charge on any atom is -0.444 e.